The Labute approximate surface area is 144 Å². The summed E-state index contributed by atoms with van der Waals surface area (Å²) in [6, 6.07) is 7.39. The number of nitrogens with zero attached hydrogens (tertiary/aromatic N) is 2. The SMILES string of the molecule is C[C@H](Cc1ccc2c(c1)OCO2)CN1C[C@@H]2C[C@@H](O)CN2C[C@@H]1C. The normalized spacial score (nSPS) is 31.2. The van der Waals surface area contributed by atoms with E-state index in [2.05, 4.69) is 35.8 Å². The summed E-state index contributed by atoms with van der Waals surface area (Å²) in [5.74, 6) is 2.32. The van der Waals surface area contributed by atoms with E-state index in [9.17, 15) is 5.11 Å². The first-order valence-corrected chi connectivity index (χ1v) is 9.13. The molecule has 24 heavy (non-hydrogen) atoms. The van der Waals surface area contributed by atoms with Crippen LogP contribution in [0.5, 0.6) is 11.5 Å². The predicted octanol–water partition coefficient (Wildman–Crippen LogP) is 1.73. The average Bonchev–Trinajstić information content (AvgIpc) is 3.12. The van der Waals surface area contributed by atoms with Crippen molar-refractivity contribution < 1.29 is 14.6 Å². The van der Waals surface area contributed by atoms with Gasteiger partial charge < -0.3 is 14.6 Å². The molecule has 5 nitrogen and oxygen atoms in total. The number of fused-ring (bicyclic) bond motifs is 2. The van der Waals surface area contributed by atoms with E-state index < -0.39 is 0 Å². The van der Waals surface area contributed by atoms with Crippen molar-refractivity contribution in [3.05, 3.63) is 23.8 Å². The maximum Gasteiger partial charge on any atom is 0.231 e. The van der Waals surface area contributed by atoms with Crippen LogP contribution in [-0.2, 0) is 6.42 Å². The topological polar surface area (TPSA) is 45.2 Å². The number of aliphatic hydroxyl groups excluding tert-OH is 1. The lowest BCUT2D eigenvalue weighted by molar-refractivity contribution is 0.0488. The van der Waals surface area contributed by atoms with Crippen LogP contribution in [0, 0.1) is 5.92 Å². The Balaban J connectivity index is 1.35. The van der Waals surface area contributed by atoms with E-state index in [0.717, 1.165) is 50.5 Å². The monoisotopic (exact) mass is 332 g/mol. The Kier molecular flexibility index (Phi) is 4.41. The second kappa shape index (κ2) is 6.54. The minimum Gasteiger partial charge on any atom is -0.454 e. The lowest BCUT2D eigenvalue weighted by atomic mass is 9.98. The molecule has 1 aromatic rings. The van der Waals surface area contributed by atoms with Crippen molar-refractivity contribution in [2.24, 2.45) is 5.92 Å². The van der Waals surface area contributed by atoms with Crippen LogP contribution in [0.15, 0.2) is 18.2 Å². The van der Waals surface area contributed by atoms with Gasteiger partial charge in [0, 0.05) is 38.3 Å². The summed E-state index contributed by atoms with van der Waals surface area (Å²) in [5.41, 5.74) is 1.31. The van der Waals surface area contributed by atoms with Crippen LogP contribution < -0.4 is 9.47 Å². The van der Waals surface area contributed by atoms with Crippen molar-refractivity contribution in [2.45, 2.75) is 44.9 Å². The third kappa shape index (κ3) is 3.25. The van der Waals surface area contributed by atoms with E-state index in [1.54, 1.807) is 0 Å². The van der Waals surface area contributed by atoms with E-state index in [0.29, 0.717) is 24.8 Å². The molecule has 0 bridgehead atoms. The Hall–Kier alpha value is -1.30. The van der Waals surface area contributed by atoms with Crippen LogP contribution in [0.4, 0.5) is 0 Å². The number of rotatable bonds is 4. The lowest BCUT2D eigenvalue weighted by Crippen LogP contribution is -2.55. The molecule has 0 aromatic heterocycles. The molecule has 3 aliphatic rings. The number of ether oxygens (including phenoxy) is 2. The van der Waals surface area contributed by atoms with Crippen molar-refractivity contribution in [1.82, 2.24) is 9.80 Å². The summed E-state index contributed by atoms with van der Waals surface area (Å²) in [6.07, 6.45) is 1.85. The molecule has 0 spiro atoms. The van der Waals surface area contributed by atoms with Gasteiger partial charge in [0.05, 0.1) is 6.10 Å². The van der Waals surface area contributed by atoms with Gasteiger partial charge in [0.15, 0.2) is 11.5 Å². The fourth-order valence-electron chi connectivity index (χ4n) is 4.47. The van der Waals surface area contributed by atoms with E-state index in [1.807, 2.05) is 6.07 Å². The third-order valence-corrected chi connectivity index (χ3v) is 5.64. The Morgan fingerprint density at radius 3 is 2.92 bits per heavy atom. The van der Waals surface area contributed by atoms with Crippen molar-refractivity contribution in [3.63, 3.8) is 0 Å². The van der Waals surface area contributed by atoms with Gasteiger partial charge in [0.25, 0.3) is 0 Å². The summed E-state index contributed by atoms with van der Waals surface area (Å²) in [4.78, 5) is 5.07. The smallest absolute Gasteiger partial charge is 0.231 e. The number of aliphatic hydroxyl groups is 1. The molecule has 4 rings (SSSR count). The summed E-state index contributed by atoms with van der Waals surface area (Å²) in [5, 5.41) is 9.90. The number of hydrogen-bond acceptors (Lipinski definition) is 5. The molecule has 0 unspecified atom stereocenters. The highest BCUT2D eigenvalue weighted by Crippen LogP contribution is 2.33. The summed E-state index contributed by atoms with van der Waals surface area (Å²) in [7, 11) is 0. The van der Waals surface area contributed by atoms with E-state index in [4.69, 9.17) is 9.47 Å². The predicted molar refractivity (Wildman–Crippen MR) is 92.5 cm³/mol. The molecule has 0 radical (unpaired) electrons. The van der Waals surface area contributed by atoms with Crippen molar-refractivity contribution in [1.29, 1.82) is 0 Å². The highest BCUT2D eigenvalue weighted by Gasteiger charge is 2.38. The molecule has 3 aliphatic heterocycles. The Morgan fingerprint density at radius 2 is 2.04 bits per heavy atom. The molecule has 1 N–H and O–H groups in total. The Bertz CT molecular complexity index is 594. The van der Waals surface area contributed by atoms with Gasteiger partial charge in [-0.2, -0.15) is 0 Å². The third-order valence-electron chi connectivity index (χ3n) is 5.64. The fourth-order valence-corrected chi connectivity index (χ4v) is 4.47. The molecule has 0 saturated carbocycles. The molecule has 2 fully saturated rings. The van der Waals surface area contributed by atoms with E-state index in [1.165, 1.54) is 5.56 Å². The highest BCUT2D eigenvalue weighted by molar-refractivity contribution is 5.44. The van der Waals surface area contributed by atoms with Gasteiger partial charge >= 0.3 is 0 Å². The van der Waals surface area contributed by atoms with Crippen LogP contribution in [0.2, 0.25) is 0 Å². The van der Waals surface area contributed by atoms with Gasteiger partial charge in [-0.3, -0.25) is 9.80 Å². The molecular weight excluding hydrogens is 304 g/mol. The van der Waals surface area contributed by atoms with Gasteiger partial charge in [-0.15, -0.1) is 0 Å². The minimum absolute atomic E-state index is 0.131. The number of hydrogen-bond donors (Lipinski definition) is 1. The molecule has 0 amide bonds. The number of benzene rings is 1. The molecule has 2 saturated heterocycles. The first kappa shape index (κ1) is 16.2. The molecule has 1 aromatic carbocycles. The van der Waals surface area contributed by atoms with Gasteiger partial charge in [-0.05, 0) is 43.4 Å². The molecular formula is C19H28N2O3. The zero-order valence-electron chi connectivity index (χ0n) is 14.6. The summed E-state index contributed by atoms with van der Waals surface area (Å²) < 4.78 is 10.9. The van der Waals surface area contributed by atoms with Crippen molar-refractivity contribution in [2.75, 3.05) is 33.0 Å². The van der Waals surface area contributed by atoms with Crippen LogP contribution in [0.3, 0.4) is 0 Å². The first-order valence-electron chi connectivity index (χ1n) is 9.13. The number of piperazine rings is 1. The maximum atomic E-state index is 9.90. The second-order valence-corrected chi connectivity index (χ2v) is 7.80. The largest absolute Gasteiger partial charge is 0.454 e. The zero-order chi connectivity index (χ0) is 16.7. The van der Waals surface area contributed by atoms with E-state index in [-0.39, 0.29) is 6.10 Å². The molecule has 5 heteroatoms. The van der Waals surface area contributed by atoms with Crippen LogP contribution in [0.1, 0.15) is 25.8 Å². The van der Waals surface area contributed by atoms with Gasteiger partial charge in [-0.25, -0.2) is 0 Å². The molecule has 0 aliphatic carbocycles. The maximum absolute atomic E-state index is 9.90. The van der Waals surface area contributed by atoms with Gasteiger partial charge in [0.2, 0.25) is 6.79 Å². The lowest BCUT2D eigenvalue weighted by Gasteiger charge is -2.43. The quantitative estimate of drug-likeness (QED) is 0.910. The minimum atomic E-state index is -0.131. The molecule has 4 atom stereocenters. The van der Waals surface area contributed by atoms with E-state index >= 15 is 0 Å². The average molecular weight is 332 g/mol. The van der Waals surface area contributed by atoms with Gasteiger partial charge in [0.1, 0.15) is 0 Å². The standard InChI is InChI=1S/C19H28N2O3/c1-13(5-15-3-4-18-19(6-15)24-12-23-18)8-20-10-16-7-17(22)11-21(16)9-14(20)2/h3-4,6,13-14,16-17,22H,5,7-12H2,1-2H3/t13-,14+,16+,17-/m1/s1. The Morgan fingerprint density at radius 1 is 1.21 bits per heavy atom. The molecule has 132 valence electrons. The van der Waals surface area contributed by atoms with Crippen LogP contribution in [-0.4, -0.2) is 66.1 Å². The first-order chi connectivity index (χ1) is 11.6. The summed E-state index contributed by atoms with van der Waals surface area (Å²) >= 11 is 0. The fraction of sp³-hybridized carbons (Fsp3) is 0.684. The zero-order valence-corrected chi connectivity index (χ0v) is 14.6. The van der Waals surface area contributed by atoms with Crippen molar-refractivity contribution in [3.8, 4) is 11.5 Å². The second-order valence-electron chi connectivity index (χ2n) is 7.80. The highest BCUT2D eigenvalue weighted by atomic mass is 16.7. The summed E-state index contributed by atoms with van der Waals surface area (Å²) in [6.45, 7) is 9.11. The van der Waals surface area contributed by atoms with Gasteiger partial charge in [-0.1, -0.05) is 13.0 Å². The van der Waals surface area contributed by atoms with Crippen molar-refractivity contribution >= 4 is 0 Å². The molecule has 3 heterocycles. The van der Waals surface area contributed by atoms with Crippen LogP contribution >= 0.6 is 0 Å². The van der Waals surface area contributed by atoms with Crippen LogP contribution in [0.25, 0.3) is 0 Å².